The van der Waals surface area contributed by atoms with Gasteiger partial charge in [0.2, 0.25) is 0 Å². The van der Waals surface area contributed by atoms with Gasteiger partial charge in [0.1, 0.15) is 0 Å². The lowest BCUT2D eigenvalue weighted by molar-refractivity contribution is 0.0762. The Labute approximate surface area is 121 Å². The predicted octanol–water partition coefficient (Wildman–Crippen LogP) is 3.26. The lowest BCUT2D eigenvalue weighted by Crippen LogP contribution is -2.33. The molecule has 1 aromatic carbocycles. The molecule has 0 radical (unpaired) electrons. The van der Waals surface area contributed by atoms with E-state index in [9.17, 15) is 4.79 Å². The van der Waals surface area contributed by atoms with Gasteiger partial charge in [-0.1, -0.05) is 29.3 Å². The minimum Gasteiger partial charge on any atom is -0.337 e. The Bertz CT molecular complexity index is 528. The number of nitrogens with zero attached hydrogens (tertiary/aromatic N) is 3. The first-order chi connectivity index (χ1) is 9.11. The van der Waals surface area contributed by atoms with Crippen LogP contribution in [0.4, 0.5) is 0 Å². The molecule has 0 unspecified atom stereocenters. The van der Waals surface area contributed by atoms with E-state index in [0.29, 0.717) is 5.02 Å². The van der Waals surface area contributed by atoms with E-state index >= 15 is 0 Å². The molecule has 1 rings (SSSR count). The second-order valence-electron chi connectivity index (χ2n) is 3.71. The first-order valence-electron chi connectivity index (χ1n) is 5.59. The molecule has 19 heavy (non-hydrogen) atoms. The van der Waals surface area contributed by atoms with Crippen LogP contribution in [-0.2, 0) is 0 Å². The van der Waals surface area contributed by atoms with Crippen LogP contribution in [0, 0.1) is 22.7 Å². The van der Waals surface area contributed by atoms with Crippen LogP contribution in [0.1, 0.15) is 23.2 Å². The van der Waals surface area contributed by atoms with Crippen LogP contribution in [0.5, 0.6) is 0 Å². The molecule has 1 amide bonds. The minimum atomic E-state index is -0.321. The molecule has 0 spiro atoms. The van der Waals surface area contributed by atoms with Gasteiger partial charge in [0.05, 0.1) is 40.6 Å². The van der Waals surface area contributed by atoms with Crippen molar-refractivity contribution >= 4 is 29.1 Å². The highest BCUT2D eigenvalue weighted by molar-refractivity contribution is 6.43. The molecule has 0 N–H and O–H groups in total. The van der Waals surface area contributed by atoms with Gasteiger partial charge in [-0.3, -0.25) is 4.79 Å². The number of amides is 1. The summed E-state index contributed by atoms with van der Waals surface area (Å²) in [5, 5.41) is 17.7. The number of hydrogen-bond acceptors (Lipinski definition) is 3. The number of rotatable bonds is 5. The van der Waals surface area contributed by atoms with Crippen LogP contribution < -0.4 is 0 Å². The third-order valence-corrected chi connectivity index (χ3v) is 3.28. The number of carbonyl (C=O) groups is 1. The maximum absolute atomic E-state index is 12.3. The summed E-state index contributed by atoms with van der Waals surface area (Å²) in [6.07, 6.45) is 0.407. The summed E-state index contributed by atoms with van der Waals surface area (Å²) in [4.78, 5) is 13.7. The van der Waals surface area contributed by atoms with Gasteiger partial charge in [-0.2, -0.15) is 10.5 Å². The maximum Gasteiger partial charge on any atom is 0.255 e. The fourth-order valence-electron chi connectivity index (χ4n) is 1.52. The number of benzene rings is 1. The Morgan fingerprint density at radius 1 is 1.16 bits per heavy atom. The minimum absolute atomic E-state index is 0.188. The summed E-state index contributed by atoms with van der Waals surface area (Å²) in [6.45, 7) is 0.527. The Hall–Kier alpha value is -1.75. The van der Waals surface area contributed by atoms with Gasteiger partial charge in [0.25, 0.3) is 5.91 Å². The largest absolute Gasteiger partial charge is 0.337 e. The summed E-state index contributed by atoms with van der Waals surface area (Å²) in [6, 6.07) is 8.74. The van der Waals surface area contributed by atoms with Crippen molar-refractivity contribution in [2.24, 2.45) is 0 Å². The molecular weight excluding hydrogens is 285 g/mol. The lowest BCUT2D eigenvalue weighted by atomic mass is 10.2. The lowest BCUT2D eigenvalue weighted by Gasteiger charge is -2.21. The van der Waals surface area contributed by atoms with E-state index < -0.39 is 0 Å². The first-order valence-corrected chi connectivity index (χ1v) is 6.34. The monoisotopic (exact) mass is 295 g/mol. The number of hydrogen-bond donors (Lipinski definition) is 0. The van der Waals surface area contributed by atoms with Crippen molar-refractivity contribution in [3.8, 4) is 12.1 Å². The molecule has 0 heterocycles. The molecule has 0 saturated carbocycles. The van der Waals surface area contributed by atoms with Crippen molar-refractivity contribution in [2.75, 3.05) is 13.1 Å². The van der Waals surface area contributed by atoms with Crippen molar-refractivity contribution in [3.05, 3.63) is 33.8 Å². The molecule has 0 saturated heterocycles. The van der Waals surface area contributed by atoms with Gasteiger partial charge < -0.3 is 4.90 Å². The van der Waals surface area contributed by atoms with E-state index in [4.69, 9.17) is 33.7 Å². The van der Waals surface area contributed by atoms with Crippen LogP contribution in [0.15, 0.2) is 18.2 Å². The standard InChI is InChI=1S/C13H11Cl2N3O/c14-11-5-1-4-10(12(11)15)13(19)18(8-2-6-16)9-3-7-17/h1,4-5H,2-3,8-9H2. The molecule has 0 aliphatic rings. The van der Waals surface area contributed by atoms with Gasteiger partial charge in [0.15, 0.2) is 0 Å². The average Bonchev–Trinajstić information content (AvgIpc) is 2.41. The van der Waals surface area contributed by atoms with Gasteiger partial charge in [-0.15, -0.1) is 0 Å². The van der Waals surface area contributed by atoms with Crippen LogP contribution >= 0.6 is 23.2 Å². The first kappa shape index (κ1) is 15.3. The molecule has 0 atom stereocenters. The summed E-state index contributed by atoms with van der Waals surface area (Å²) in [5.41, 5.74) is 0.282. The topological polar surface area (TPSA) is 67.9 Å². The fraction of sp³-hybridized carbons (Fsp3) is 0.308. The van der Waals surface area contributed by atoms with Crippen LogP contribution in [0.3, 0.4) is 0 Å². The molecule has 0 bridgehead atoms. The molecule has 6 heteroatoms. The second-order valence-corrected chi connectivity index (χ2v) is 4.49. The molecule has 1 aromatic rings. The van der Waals surface area contributed by atoms with Gasteiger partial charge >= 0.3 is 0 Å². The van der Waals surface area contributed by atoms with Crippen molar-refractivity contribution in [2.45, 2.75) is 12.8 Å². The Morgan fingerprint density at radius 2 is 1.74 bits per heavy atom. The van der Waals surface area contributed by atoms with E-state index in [2.05, 4.69) is 0 Å². The van der Waals surface area contributed by atoms with Crippen molar-refractivity contribution in [1.29, 1.82) is 10.5 Å². The zero-order valence-corrected chi connectivity index (χ0v) is 11.6. The van der Waals surface area contributed by atoms with Gasteiger partial charge in [-0.05, 0) is 12.1 Å². The zero-order valence-electron chi connectivity index (χ0n) is 10.1. The van der Waals surface area contributed by atoms with Crippen molar-refractivity contribution in [1.82, 2.24) is 4.90 Å². The summed E-state index contributed by atoms with van der Waals surface area (Å²) in [7, 11) is 0. The van der Waals surface area contributed by atoms with E-state index in [1.54, 1.807) is 18.2 Å². The summed E-state index contributed by atoms with van der Waals surface area (Å²) in [5.74, 6) is -0.321. The fourth-order valence-corrected chi connectivity index (χ4v) is 1.91. The average molecular weight is 296 g/mol. The van der Waals surface area contributed by atoms with Crippen molar-refractivity contribution in [3.63, 3.8) is 0 Å². The smallest absolute Gasteiger partial charge is 0.255 e. The molecule has 0 aromatic heterocycles. The molecule has 0 fully saturated rings. The molecule has 0 aliphatic heterocycles. The third kappa shape index (κ3) is 4.13. The van der Waals surface area contributed by atoms with Gasteiger partial charge in [0, 0.05) is 13.1 Å². The van der Waals surface area contributed by atoms with Crippen LogP contribution in [-0.4, -0.2) is 23.9 Å². The SMILES string of the molecule is N#CCCN(CCC#N)C(=O)c1cccc(Cl)c1Cl. The Balaban J connectivity index is 2.95. The van der Waals surface area contributed by atoms with Crippen molar-refractivity contribution < 1.29 is 4.79 Å². The molecular formula is C13H11Cl2N3O. The molecule has 4 nitrogen and oxygen atoms in total. The summed E-state index contributed by atoms with van der Waals surface area (Å²) < 4.78 is 0. The van der Waals surface area contributed by atoms with Crippen LogP contribution in [0.25, 0.3) is 0 Å². The number of carbonyl (C=O) groups excluding carboxylic acids is 1. The second kappa shape index (κ2) is 7.63. The highest BCUT2D eigenvalue weighted by Crippen LogP contribution is 2.26. The Morgan fingerprint density at radius 3 is 2.26 bits per heavy atom. The summed E-state index contributed by atoms with van der Waals surface area (Å²) >= 11 is 11.9. The quantitative estimate of drug-likeness (QED) is 0.837. The normalized spacial score (nSPS) is 9.47. The van der Waals surface area contributed by atoms with E-state index in [0.717, 1.165) is 0 Å². The van der Waals surface area contributed by atoms with E-state index in [-0.39, 0.29) is 42.4 Å². The van der Waals surface area contributed by atoms with E-state index in [1.807, 2.05) is 12.1 Å². The third-order valence-electron chi connectivity index (χ3n) is 2.46. The maximum atomic E-state index is 12.3. The predicted molar refractivity (Wildman–Crippen MR) is 72.8 cm³/mol. The van der Waals surface area contributed by atoms with Gasteiger partial charge in [-0.25, -0.2) is 0 Å². The van der Waals surface area contributed by atoms with E-state index in [1.165, 1.54) is 4.90 Å². The van der Waals surface area contributed by atoms with Crippen LogP contribution in [0.2, 0.25) is 10.0 Å². The Kier molecular flexibility index (Phi) is 6.15. The number of nitriles is 2. The zero-order chi connectivity index (χ0) is 14.3. The molecule has 98 valence electrons. The highest BCUT2D eigenvalue weighted by atomic mass is 35.5. The number of halogens is 2. The highest BCUT2D eigenvalue weighted by Gasteiger charge is 2.19. The molecule has 0 aliphatic carbocycles.